The Morgan fingerprint density at radius 2 is 2.10 bits per heavy atom. The Morgan fingerprint density at radius 1 is 1.28 bits per heavy atom. The molecule has 0 unspecified atom stereocenters. The second-order valence-electron chi connectivity index (χ2n) is 6.82. The molecule has 29 heavy (non-hydrogen) atoms. The van der Waals surface area contributed by atoms with Crippen molar-refractivity contribution in [1.29, 1.82) is 0 Å². The second-order valence-corrected chi connectivity index (χ2v) is 7.59. The number of methoxy groups -OCH3 is 1. The Morgan fingerprint density at radius 3 is 2.86 bits per heavy atom. The number of aromatic nitrogens is 4. The molecule has 0 bridgehead atoms. The zero-order valence-electron chi connectivity index (χ0n) is 16.6. The van der Waals surface area contributed by atoms with Crippen LogP contribution >= 0.6 is 11.8 Å². The van der Waals surface area contributed by atoms with E-state index in [-0.39, 0.29) is 5.91 Å². The molecule has 152 valence electrons. The molecule has 3 aromatic rings. The molecule has 3 heterocycles. The van der Waals surface area contributed by atoms with Crippen LogP contribution in [0.2, 0.25) is 0 Å². The summed E-state index contributed by atoms with van der Waals surface area (Å²) in [5.41, 5.74) is 1.37. The summed E-state index contributed by atoms with van der Waals surface area (Å²) in [6.45, 7) is 3.01. The maximum atomic E-state index is 12.4. The van der Waals surface area contributed by atoms with E-state index in [1.165, 1.54) is 24.6 Å². The van der Waals surface area contributed by atoms with Crippen molar-refractivity contribution in [2.45, 2.75) is 24.5 Å². The lowest BCUT2D eigenvalue weighted by Gasteiger charge is -2.17. The number of hydrogen-bond donors (Lipinski definition) is 1. The number of ether oxygens (including phenoxy) is 1. The summed E-state index contributed by atoms with van der Waals surface area (Å²) >= 11 is 1.53. The molecule has 0 saturated carbocycles. The van der Waals surface area contributed by atoms with Gasteiger partial charge >= 0.3 is 0 Å². The van der Waals surface area contributed by atoms with Gasteiger partial charge in [0.05, 0.1) is 25.2 Å². The number of nitrogens with zero attached hydrogens (tertiary/aromatic N) is 5. The molecule has 0 spiro atoms. The Labute approximate surface area is 173 Å². The largest absolute Gasteiger partial charge is 0.497 e. The number of thioether (sulfide) groups is 1. The standard InChI is InChI=1S/C20H24N6O2S/c1-28-15-7-5-6-14(12-15)19(27)21-8-11-26-18-16(13-22-26)17(23-20(24-18)29-2)25-9-3-4-10-25/h5-7,12-13H,3-4,8-11H2,1-2H3,(H,21,27). The molecule has 1 fully saturated rings. The summed E-state index contributed by atoms with van der Waals surface area (Å²) in [5, 5.41) is 9.14. The highest BCUT2D eigenvalue weighted by Gasteiger charge is 2.20. The average molecular weight is 413 g/mol. The number of nitrogens with one attached hydrogen (secondary N) is 1. The minimum atomic E-state index is -0.141. The van der Waals surface area contributed by atoms with E-state index in [9.17, 15) is 4.79 Å². The fourth-order valence-corrected chi connectivity index (χ4v) is 3.84. The van der Waals surface area contributed by atoms with Crippen LogP contribution in [-0.4, -0.2) is 58.7 Å². The maximum absolute atomic E-state index is 12.4. The first-order chi connectivity index (χ1) is 14.2. The highest BCUT2D eigenvalue weighted by Crippen LogP contribution is 2.28. The molecule has 1 aromatic carbocycles. The molecule has 1 N–H and O–H groups in total. The summed E-state index contributed by atoms with van der Waals surface area (Å²) in [5.74, 6) is 1.48. The van der Waals surface area contributed by atoms with Gasteiger partial charge < -0.3 is 15.0 Å². The predicted molar refractivity (Wildman–Crippen MR) is 114 cm³/mol. The number of anilines is 1. The van der Waals surface area contributed by atoms with Crippen LogP contribution in [0.15, 0.2) is 35.6 Å². The third-order valence-corrected chi connectivity index (χ3v) is 5.53. The SMILES string of the molecule is COc1cccc(C(=O)NCCn2ncc3c(N4CCCC4)nc(SC)nc32)c1. The topological polar surface area (TPSA) is 85.2 Å². The summed E-state index contributed by atoms with van der Waals surface area (Å²) in [6.07, 6.45) is 6.18. The number of rotatable bonds is 7. The molecule has 1 aliphatic rings. The van der Waals surface area contributed by atoms with Gasteiger partial charge in [-0.05, 0) is 37.3 Å². The number of carbonyl (C=O) groups is 1. The average Bonchev–Trinajstić information content (AvgIpc) is 3.43. The van der Waals surface area contributed by atoms with E-state index >= 15 is 0 Å². The number of carbonyl (C=O) groups excluding carboxylic acids is 1. The maximum Gasteiger partial charge on any atom is 0.251 e. The van der Waals surface area contributed by atoms with Crippen LogP contribution in [0.1, 0.15) is 23.2 Å². The van der Waals surface area contributed by atoms with Crippen molar-refractivity contribution in [3.8, 4) is 5.75 Å². The molecule has 0 aliphatic carbocycles. The minimum absolute atomic E-state index is 0.141. The molecule has 0 radical (unpaired) electrons. The van der Waals surface area contributed by atoms with Crippen LogP contribution in [0.5, 0.6) is 5.75 Å². The third kappa shape index (κ3) is 4.14. The molecule has 1 saturated heterocycles. The third-order valence-electron chi connectivity index (χ3n) is 4.98. The van der Waals surface area contributed by atoms with E-state index in [0.717, 1.165) is 35.1 Å². The van der Waals surface area contributed by atoms with E-state index in [0.29, 0.717) is 24.4 Å². The molecular formula is C20H24N6O2S. The first-order valence-electron chi connectivity index (χ1n) is 9.64. The van der Waals surface area contributed by atoms with Crippen LogP contribution in [0.3, 0.4) is 0 Å². The summed E-state index contributed by atoms with van der Waals surface area (Å²) in [7, 11) is 1.58. The normalized spacial score (nSPS) is 13.8. The fourth-order valence-electron chi connectivity index (χ4n) is 3.49. The molecule has 9 heteroatoms. The van der Waals surface area contributed by atoms with E-state index in [2.05, 4.69) is 20.3 Å². The molecule has 8 nitrogen and oxygen atoms in total. The van der Waals surface area contributed by atoms with Crippen molar-refractivity contribution < 1.29 is 9.53 Å². The van der Waals surface area contributed by atoms with Gasteiger partial charge in [0.1, 0.15) is 11.6 Å². The Hall–Kier alpha value is -2.81. The Kier molecular flexibility index (Phi) is 5.84. The van der Waals surface area contributed by atoms with Crippen LogP contribution in [-0.2, 0) is 6.54 Å². The van der Waals surface area contributed by atoms with Crippen LogP contribution in [0.25, 0.3) is 11.0 Å². The van der Waals surface area contributed by atoms with Gasteiger partial charge in [0.2, 0.25) is 0 Å². The lowest BCUT2D eigenvalue weighted by molar-refractivity contribution is 0.0951. The van der Waals surface area contributed by atoms with Crippen LogP contribution in [0.4, 0.5) is 5.82 Å². The Bertz CT molecular complexity index is 1020. The van der Waals surface area contributed by atoms with Gasteiger partial charge in [-0.3, -0.25) is 4.79 Å². The molecular weight excluding hydrogens is 388 g/mol. The van der Waals surface area contributed by atoms with Crippen molar-refractivity contribution in [1.82, 2.24) is 25.1 Å². The lowest BCUT2D eigenvalue weighted by Crippen LogP contribution is -2.27. The molecule has 1 amide bonds. The van der Waals surface area contributed by atoms with Crippen molar-refractivity contribution in [2.24, 2.45) is 0 Å². The van der Waals surface area contributed by atoms with Crippen LogP contribution < -0.4 is 15.0 Å². The minimum Gasteiger partial charge on any atom is -0.497 e. The molecule has 4 rings (SSSR count). The first-order valence-corrected chi connectivity index (χ1v) is 10.9. The zero-order valence-corrected chi connectivity index (χ0v) is 17.4. The smallest absolute Gasteiger partial charge is 0.251 e. The van der Waals surface area contributed by atoms with E-state index in [1.807, 2.05) is 23.2 Å². The van der Waals surface area contributed by atoms with Gasteiger partial charge in [-0.1, -0.05) is 17.8 Å². The van der Waals surface area contributed by atoms with Crippen molar-refractivity contribution in [2.75, 3.05) is 37.9 Å². The summed E-state index contributed by atoms with van der Waals surface area (Å²) in [4.78, 5) is 24.1. The quantitative estimate of drug-likeness (QED) is 0.472. The number of amides is 1. The van der Waals surface area contributed by atoms with Crippen LogP contribution in [0, 0.1) is 0 Å². The van der Waals surface area contributed by atoms with E-state index in [4.69, 9.17) is 9.72 Å². The summed E-state index contributed by atoms with van der Waals surface area (Å²) in [6, 6.07) is 7.10. The second kappa shape index (κ2) is 8.69. The van der Waals surface area contributed by atoms with E-state index in [1.54, 1.807) is 25.3 Å². The number of hydrogen-bond acceptors (Lipinski definition) is 7. The van der Waals surface area contributed by atoms with Crippen molar-refractivity contribution in [3.05, 3.63) is 36.0 Å². The van der Waals surface area contributed by atoms with Crippen molar-refractivity contribution in [3.63, 3.8) is 0 Å². The molecule has 0 atom stereocenters. The Balaban J connectivity index is 1.49. The van der Waals surface area contributed by atoms with E-state index < -0.39 is 0 Å². The van der Waals surface area contributed by atoms with Gasteiger partial charge in [-0.25, -0.2) is 14.6 Å². The first kappa shape index (κ1) is 19.5. The van der Waals surface area contributed by atoms with Gasteiger partial charge in [0.25, 0.3) is 5.91 Å². The number of fused-ring (bicyclic) bond motifs is 1. The highest BCUT2D eigenvalue weighted by molar-refractivity contribution is 7.98. The van der Waals surface area contributed by atoms with Gasteiger partial charge in [0, 0.05) is 25.2 Å². The fraction of sp³-hybridized carbons (Fsp3) is 0.400. The monoisotopic (exact) mass is 412 g/mol. The van der Waals surface area contributed by atoms with Gasteiger partial charge in [-0.15, -0.1) is 0 Å². The highest BCUT2D eigenvalue weighted by atomic mass is 32.2. The summed E-state index contributed by atoms with van der Waals surface area (Å²) < 4.78 is 7.01. The zero-order chi connectivity index (χ0) is 20.2. The van der Waals surface area contributed by atoms with Gasteiger partial charge in [-0.2, -0.15) is 5.10 Å². The number of benzene rings is 1. The van der Waals surface area contributed by atoms with Gasteiger partial charge in [0.15, 0.2) is 10.8 Å². The van der Waals surface area contributed by atoms with Crippen molar-refractivity contribution >= 4 is 34.5 Å². The lowest BCUT2D eigenvalue weighted by atomic mass is 10.2. The molecule has 1 aliphatic heterocycles. The molecule has 2 aromatic heterocycles. The predicted octanol–water partition coefficient (Wildman–Crippen LogP) is 2.59.